The molecule has 3 aromatic rings. The van der Waals surface area contributed by atoms with Gasteiger partial charge in [-0.05, 0) is 66.4 Å². The standard InChI is InChI=1S/C29H31BrN6O4/c1-20-29(19-23-5-2-3-6-26(23)34-36-31,28(38)35-32-16-15-21-7-11-24(30)12-8-21)33-27(40-20)22-9-13-25(14-10-22)39-18-4-17-37/h2-3,5-14,20,32,37H,4,15-19H2,1H3,(H,35,38)/t20-,29-/m0/s1. The van der Waals surface area contributed by atoms with Crippen molar-refractivity contribution in [2.24, 2.45) is 10.1 Å². The molecule has 3 N–H and O–H groups in total. The van der Waals surface area contributed by atoms with Crippen LogP contribution in [0.25, 0.3) is 10.4 Å². The van der Waals surface area contributed by atoms with Crippen molar-refractivity contribution >= 4 is 33.4 Å². The van der Waals surface area contributed by atoms with Crippen LogP contribution >= 0.6 is 15.9 Å². The number of hydrogen-bond acceptors (Lipinski definition) is 7. The normalized spacial score (nSPS) is 17.9. The highest BCUT2D eigenvalue weighted by atomic mass is 79.9. The lowest BCUT2D eigenvalue weighted by atomic mass is 9.85. The first-order valence-corrected chi connectivity index (χ1v) is 13.8. The quantitative estimate of drug-likeness (QED) is 0.0809. The van der Waals surface area contributed by atoms with Gasteiger partial charge in [0, 0.05) is 46.6 Å². The van der Waals surface area contributed by atoms with Gasteiger partial charge >= 0.3 is 0 Å². The van der Waals surface area contributed by atoms with Crippen LogP contribution in [-0.2, 0) is 22.4 Å². The number of azide groups is 1. The molecule has 0 radical (unpaired) electrons. The van der Waals surface area contributed by atoms with E-state index in [1.165, 1.54) is 0 Å². The van der Waals surface area contributed by atoms with Crippen molar-refractivity contribution in [1.29, 1.82) is 0 Å². The van der Waals surface area contributed by atoms with E-state index in [1.807, 2.05) is 48.5 Å². The van der Waals surface area contributed by atoms with Crippen molar-refractivity contribution in [2.75, 3.05) is 19.8 Å². The van der Waals surface area contributed by atoms with Crippen molar-refractivity contribution in [3.8, 4) is 5.75 Å². The Kier molecular flexibility index (Phi) is 10.2. The molecule has 0 spiro atoms. The molecule has 208 valence electrons. The lowest BCUT2D eigenvalue weighted by molar-refractivity contribution is -0.129. The van der Waals surface area contributed by atoms with Gasteiger partial charge in [0.2, 0.25) is 5.90 Å². The number of carbonyl (C=O) groups excluding carboxylic acids is 1. The van der Waals surface area contributed by atoms with E-state index in [9.17, 15) is 4.79 Å². The van der Waals surface area contributed by atoms with E-state index in [1.54, 1.807) is 31.2 Å². The Hall–Kier alpha value is -3.89. The first kappa shape index (κ1) is 29.1. The Bertz CT molecular complexity index is 1380. The van der Waals surface area contributed by atoms with Gasteiger partial charge in [0.15, 0.2) is 5.54 Å². The van der Waals surface area contributed by atoms with E-state index < -0.39 is 11.6 Å². The largest absolute Gasteiger partial charge is 0.494 e. The molecule has 0 unspecified atom stereocenters. The number of nitrogens with zero attached hydrogens (tertiary/aromatic N) is 4. The highest BCUT2D eigenvalue weighted by Gasteiger charge is 2.50. The van der Waals surface area contributed by atoms with Gasteiger partial charge in [-0.2, -0.15) is 0 Å². The molecule has 0 aliphatic carbocycles. The molecule has 0 saturated heterocycles. The van der Waals surface area contributed by atoms with Gasteiger partial charge in [0.25, 0.3) is 5.91 Å². The van der Waals surface area contributed by atoms with E-state index in [0.717, 1.165) is 10.0 Å². The fourth-order valence-electron chi connectivity index (χ4n) is 4.35. The predicted octanol–water partition coefficient (Wildman–Crippen LogP) is 5.16. The van der Waals surface area contributed by atoms with Crippen molar-refractivity contribution in [3.63, 3.8) is 0 Å². The van der Waals surface area contributed by atoms with Gasteiger partial charge in [0.05, 0.1) is 6.61 Å². The second-order valence-electron chi connectivity index (χ2n) is 9.30. The zero-order valence-electron chi connectivity index (χ0n) is 22.1. The lowest BCUT2D eigenvalue weighted by Gasteiger charge is -2.28. The molecule has 1 aliphatic heterocycles. The number of carbonyl (C=O) groups is 1. The van der Waals surface area contributed by atoms with Crippen molar-refractivity contribution in [2.45, 2.75) is 37.8 Å². The van der Waals surface area contributed by atoms with Gasteiger partial charge < -0.3 is 14.6 Å². The summed E-state index contributed by atoms with van der Waals surface area (Å²) in [6, 6.07) is 22.4. The summed E-state index contributed by atoms with van der Waals surface area (Å²) in [4.78, 5) is 21.6. The lowest BCUT2D eigenvalue weighted by Crippen LogP contribution is -2.56. The number of amides is 1. The fourth-order valence-corrected chi connectivity index (χ4v) is 4.61. The Labute approximate surface area is 241 Å². The minimum absolute atomic E-state index is 0.0622. The first-order valence-electron chi connectivity index (χ1n) is 13.0. The monoisotopic (exact) mass is 606 g/mol. The van der Waals surface area contributed by atoms with E-state index in [-0.39, 0.29) is 18.9 Å². The minimum Gasteiger partial charge on any atom is -0.494 e. The van der Waals surface area contributed by atoms with Crippen LogP contribution in [0.15, 0.2) is 87.4 Å². The van der Waals surface area contributed by atoms with Crippen LogP contribution in [0.2, 0.25) is 0 Å². The molecule has 0 fully saturated rings. The Balaban J connectivity index is 1.56. The number of benzene rings is 3. The summed E-state index contributed by atoms with van der Waals surface area (Å²) in [7, 11) is 0. The van der Waals surface area contributed by atoms with E-state index >= 15 is 0 Å². The van der Waals surface area contributed by atoms with Gasteiger partial charge in [-0.25, -0.2) is 10.4 Å². The second-order valence-corrected chi connectivity index (χ2v) is 10.2. The molecule has 3 aromatic carbocycles. The molecule has 4 rings (SSSR count). The average Bonchev–Trinajstić information content (AvgIpc) is 3.30. The van der Waals surface area contributed by atoms with Gasteiger partial charge in [-0.1, -0.05) is 57.4 Å². The Morgan fingerprint density at radius 3 is 2.65 bits per heavy atom. The van der Waals surface area contributed by atoms with Crippen LogP contribution in [0.5, 0.6) is 5.75 Å². The predicted molar refractivity (Wildman–Crippen MR) is 156 cm³/mol. The highest BCUT2D eigenvalue weighted by molar-refractivity contribution is 9.10. The maximum Gasteiger partial charge on any atom is 0.266 e. The zero-order chi connectivity index (χ0) is 28.4. The number of hydrazine groups is 1. The number of hydrogen-bond donors (Lipinski definition) is 3. The molecule has 1 heterocycles. The molecule has 10 nitrogen and oxygen atoms in total. The number of rotatable bonds is 13. The molecule has 1 aliphatic rings. The summed E-state index contributed by atoms with van der Waals surface area (Å²) >= 11 is 3.44. The summed E-state index contributed by atoms with van der Waals surface area (Å²) in [5.74, 6) is 0.636. The smallest absolute Gasteiger partial charge is 0.266 e. The third-order valence-electron chi connectivity index (χ3n) is 6.59. The van der Waals surface area contributed by atoms with Crippen molar-refractivity contribution in [3.05, 3.63) is 104 Å². The highest BCUT2D eigenvalue weighted by Crippen LogP contribution is 2.35. The molecular formula is C29H31BrN6O4. The number of aliphatic imine (C=N–C) groups is 1. The SMILES string of the molecule is C[C@@H]1OC(c2ccc(OCCCO)cc2)=N[C@]1(Cc1ccccc1N=[N+]=[N-])C(=O)NNCCc1ccc(Br)cc1. The Morgan fingerprint density at radius 1 is 1.18 bits per heavy atom. The van der Waals surface area contributed by atoms with Gasteiger partial charge in [-0.3, -0.25) is 10.2 Å². The van der Waals surface area contributed by atoms with Crippen LogP contribution in [0.1, 0.15) is 30.0 Å². The minimum atomic E-state index is -1.32. The number of halogens is 1. The number of aliphatic hydroxyl groups excluding tert-OH is 1. The van der Waals surface area contributed by atoms with Crippen LogP contribution < -0.4 is 15.6 Å². The fraction of sp³-hybridized carbons (Fsp3) is 0.310. The van der Waals surface area contributed by atoms with Crippen molar-refractivity contribution < 1.29 is 19.4 Å². The summed E-state index contributed by atoms with van der Waals surface area (Å²) in [5.41, 5.74) is 16.5. The van der Waals surface area contributed by atoms with Crippen LogP contribution in [0, 0.1) is 0 Å². The second kappa shape index (κ2) is 14.0. The van der Waals surface area contributed by atoms with Crippen LogP contribution in [-0.4, -0.2) is 48.3 Å². The van der Waals surface area contributed by atoms with Gasteiger partial charge in [-0.15, -0.1) is 0 Å². The summed E-state index contributed by atoms with van der Waals surface area (Å²) in [5, 5.41) is 12.8. The summed E-state index contributed by atoms with van der Waals surface area (Å²) < 4.78 is 12.8. The van der Waals surface area contributed by atoms with E-state index in [0.29, 0.717) is 54.5 Å². The maximum atomic E-state index is 13.8. The Morgan fingerprint density at radius 2 is 1.93 bits per heavy atom. The third-order valence-corrected chi connectivity index (χ3v) is 7.11. The molecule has 11 heteroatoms. The topological polar surface area (TPSA) is 141 Å². The summed E-state index contributed by atoms with van der Waals surface area (Å²) in [6.07, 6.45) is 0.805. The number of nitrogens with one attached hydrogen (secondary N) is 2. The first-order chi connectivity index (χ1) is 19.4. The average molecular weight is 608 g/mol. The zero-order valence-corrected chi connectivity index (χ0v) is 23.7. The molecular weight excluding hydrogens is 576 g/mol. The van der Waals surface area contributed by atoms with E-state index in [2.05, 4.69) is 36.8 Å². The third kappa shape index (κ3) is 7.19. The molecule has 40 heavy (non-hydrogen) atoms. The molecule has 1 amide bonds. The van der Waals surface area contributed by atoms with Gasteiger partial charge in [0.1, 0.15) is 11.9 Å². The summed E-state index contributed by atoms with van der Waals surface area (Å²) in [6.45, 7) is 2.79. The molecule has 0 saturated carbocycles. The molecule has 0 aromatic heterocycles. The number of ether oxygens (including phenoxy) is 2. The number of aliphatic hydroxyl groups is 1. The van der Waals surface area contributed by atoms with Crippen molar-refractivity contribution in [1.82, 2.24) is 10.9 Å². The maximum absolute atomic E-state index is 13.8. The molecule has 2 atom stereocenters. The van der Waals surface area contributed by atoms with Crippen LogP contribution in [0.4, 0.5) is 5.69 Å². The molecule has 0 bridgehead atoms. The van der Waals surface area contributed by atoms with E-state index in [4.69, 9.17) is 25.1 Å². The van der Waals surface area contributed by atoms with Crippen LogP contribution in [0.3, 0.4) is 0 Å².